The summed E-state index contributed by atoms with van der Waals surface area (Å²) >= 11 is 1.05. The van der Waals surface area contributed by atoms with E-state index in [2.05, 4.69) is 9.97 Å². The van der Waals surface area contributed by atoms with Crippen molar-refractivity contribution >= 4 is 32.6 Å². The van der Waals surface area contributed by atoms with Gasteiger partial charge >= 0.3 is 0 Å². The highest BCUT2D eigenvalue weighted by molar-refractivity contribution is 7.22. The first-order valence-electron chi connectivity index (χ1n) is 9.65. The predicted molar refractivity (Wildman–Crippen MR) is 116 cm³/mol. The molecule has 0 bridgehead atoms. The highest BCUT2D eigenvalue weighted by Crippen LogP contribution is 2.33. The molecule has 31 heavy (non-hydrogen) atoms. The molecule has 0 fully saturated rings. The number of halogens is 2. The van der Waals surface area contributed by atoms with E-state index in [0.717, 1.165) is 17.4 Å². The molecule has 0 radical (unpaired) electrons. The smallest absolute Gasteiger partial charge is 0.260 e. The van der Waals surface area contributed by atoms with Crippen molar-refractivity contribution in [3.63, 3.8) is 0 Å². The third kappa shape index (κ3) is 4.69. The van der Waals surface area contributed by atoms with Gasteiger partial charge in [0.15, 0.2) is 10.9 Å². The Morgan fingerprint density at radius 2 is 1.90 bits per heavy atom. The van der Waals surface area contributed by atoms with Crippen molar-refractivity contribution in [2.24, 2.45) is 0 Å². The molecule has 0 N–H and O–H groups in total. The van der Waals surface area contributed by atoms with Gasteiger partial charge in [-0.2, -0.15) is 0 Å². The highest BCUT2D eigenvalue weighted by Gasteiger charge is 2.23. The number of fused-ring (bicyclic) bond motifs is 1. The van der Waals surface area contributed by atoms with Crippen molar-refractivity contribution in [2.75, 3.05) is 4.90 Å². The number of hydrogen-bond acceptors (Lipinski definition) is 5. The second kappa shape index (κ2) is 8.77. The number of amides is 1. The standard InChI is InChI=1S/C23H19F2N3O2S/c1-14(2)30-18-8-6-15(7-9-18)22(29)28(13-17-5-3-4-10-26-17)23-27-21-19(25)11-16(24)12-20(21)31-23/h3-12,14H,13H2,1-2H3. The van der Waals surface area contributed by atoms with Gasteiger partial charge < -0.3 is 4.74 Å². The Kier molecular flexibility index (Phi) is 5.90. The fourth-order valence-corrected chi connectivity index (χ4v) is 4.05. The maximum Gasteiger partial charge on any atom is 0.260 e. The lowest BCUT2D eigenvalue weighted by Crippen LogP contribution is -2.30. The van der Waals surface area contributed by atoms with Crippen LogP contribution in [0.3, 0.4) is 0 Å². The normalized spacial score (nSPS) is 11.1. The summed E-state index contributed by atoms with van der Waals surface area (Å²) in [5.74, 6) is -1.14. The Hall–Kier alpha value is -3.39. The number of benzene rings is 2. The lowest BCUT2D eigenvalue weighted by Gasteiger charge is -2.20. The maximum absolute atomic E-state index is 14.2. The average molecular weight is 439 g/mol. The number of carbonyl (C=O) groups is 1. The van der Waals surface area contributed by atoms with Crippen molar-refractivity contribution in [1.29, 1.82) is 0 Å². The second-order valence-corrected chi connectivity index (χ2v) is 8.14. The van der Waals surface area contributed by atoms with Crippen LogP contribution >= 0.6 is 11.3 Å². The van der Waals surface area contributed by atoms with Crippen LogP contribution in [0.25, 0.3) is 10.2 Å². The Labute approximate surface area is 181 Å². The number of thiazole rings is 1. The van der Waals surface area contributed by atoms with E-state index in [1.807, 2.05) is 19.9 Å². The van der Waals surface area contributed by atoms with Crippen molar-refractivity contribution < 1.29 is 18.3 Å². The molecule has 0 aliphatic rings. The minimum atomic E-state index is -0.766. The number of rotatable bonds is 6. The molecule has 1 amide bonds. The first kappa shape index (κ1) is 20.9. The summed E-state index contributed by atoms with van der Waals surface area (Å²) in [5, 5.41) is 0.262. The molecule has 5 nitrogen and oxygen atoms in total. The first-order chi connectivity index (χ1) is 14.9. The van der Waals surface area contributed by atoms with E-state index >= 15 is 0 Å². The second-order valence-electron chi connectivity index (χ2n) is 7.13. The summed E-state index contributed by atoms with van der Waals surface area (Å²) in [4.78, 5) is 23.4. The maximum atomic E-state index is 14.2. The molecule has 4 aromatic rings. The van der Waals surface area contributed by atoms with Gasteiger partial charge in [0, 0.05) is 17.8 Å². The molecule has 8 heteroatoms. The number of ether oxygens (including phenoxy) is 1. The summed E-state index contributed by atoms with van der Waals surface area (Å²) in [7, 11) is 0. The first-order valence-corrected chi connectivity index (χ1v) is 10.5. The van der Waals surface area contributed by atoms with Crippen molar-refractivity contribution in [2.45, 2.75) is 26.5 Å². The van der Waals surface area contributed by atoms with Gasteiger partial charge in [-0.05, 0) is 56.3 Å². The lowest BCUT2D eigenvalue weighted by molar-refractivity contribution is 0.0984. The lowest BCUT2D eigenvalue weighted by atomic mass is 10.2. The van der Waals surface area contributed by atoms with E-state index in [-0.39, 0.29) is 29.2 Å². The molecule has 0 unspecified atom stereocenters. The van der Waals surface area contributed by atoms with E-state index in [9.17, 15) is 13.6 Å². The minimum Gasteiger partial charge on any atom is -0.491 e. The molecule has 0 aliphatic heterocycles. The molecular formula is C23H19F2N3O2S. The predicted octanol–water partition coefficient (Wildman–Crippen LogP) is 5.60. The number of hydrogen-bond donors (Lipinski definition) is 0. The molecule has 2 aromatic heterocycles. The zero-order valence-corrected chi connectivity index (χ0v) is 17.7. The fraction of sp³-hybridized carbons (Fsp3) is 0.174. The van der Waals surface area contributed by atoms with E-state index in [1.54, 1.807) is 42.6 Å². The van der Waals surface area contributed by atoms with Crippen LogP contribution in [-0.2, 0) is 6.54 Å². The number of aromatic nitrogens is 2. The zero-order valence-electron chi connectivity index (χ0n) is 16.9. The quantitative estimate of drug-likeness (QED) is 0.392. The molecular weight excluding hydrogens is 420 g/mol. The van der Waals surface area contributed by atoms with Crippen LogP contribution in [0.5, 0.6) is 5.75 Å². The van der Waals surface area contributed by atoms with Crippen LogP contribution in [0.2, 0.25) is 0 Å². The third-order valence-electron chi connectivity index (χ3n) is 4.40. The molecule has 158 valence electrons. The van der Waals surface area contributed by atoms with E-state index < -0.39 is 11.6 Å². The van der Waals surface area contributed by atoms with Gasteiger partial charge in [0.25, 0.3) is 5.91 Å². The summed E-state index contributed by atoms with van der Waals surface area (Å²) in [6.45, 7) is 3.97. The largest absolute Gasteiger partial charge is 0.491 e. The van der Waals surface area contributed by atoms with Crippen molar-refractivity contribution in [1.82, 2.24) is 9.97 Å². The van der Waals surface area contributed by atoms with Crippen LogP contribution in [0.15, 0.2) is 60.8 Å². The molecule has 2 heterocycles. The molecule has 0 saturated heterocycles. The summed E-state index contributed by atoms with van der Waals surface area (Å²) < 4.78 is 33.8. The number of nitrogens with zero attached hydrogens (tertiary/aromatic N) is 3. The Bertz CT molecular complexity index is 1210. The average Bonchev–Trinajstić information content (AvgIpc) is 3.16. The van der Waals surface area contributed by atoms with Crippen LogP contribution in [-0.4, -0.2) is 22.0 Å². The van der Waals surface area contributed by atoms with Crippen LogP contribution in [0.4, 0.5) is 13.9 Å². The molecule has 0 aliphatic carbocycles. The Balaban J connectivity index is 1.72. The van der Waals surface area contributed by atoms with Crippen LogP contribution in [0.1, 0.15) is 29.9 Å². The van der Waals surface area contributed by atoms with Gasteiger partial charge in [0.1, 0.15) is 17.1 Å². The zero-order chi connectivity index (χ0) is 22.0. The molecule has 0 saturated carbocycles. The summed E-state index contributed by atoms with van der Waals surface area (Å²) in [5.41, 5.74) is 1.08. The molecule has 4 rings (SSSR count). The van der Waals surface area contributed by atoms with Gasteiger partial charge in [-0.25, -0.2) is 13.8 Å². The van der Waals surface area contributed by atoms with Crippen molar-refractivity contribution in [3.8, 4) is 5.75 Å². The van der Waals surface area contributed by atoms with Gasteiger partial charge in [0.2, 0.25) is 0 Å². The van der Waals surface area contributed by atoms with E-state index in [1.165, 1.54) is 11.0 Å². The summed E-state index contributed by atoms with van der Waals surface area (Å²) in [6, 6.07) is 14.1. The van der Waals surface area contributed by atoms with Gasteiger partial charge in [-0.15, -0.1) is 0 Å². The molecule has 2 aromatic carbocycles. The van der Waals surface area contributed by atoms with Gasteiger partial charge in [-0.1, -0.05) is 17.4 Å². The number of anilines is 1. The molecule has 0 spiro atoms. The Morgan fingerprint density at radius 3 is 2.58 bits per heavy atom. The Morgan fingerprint density at radius 1 is 1.13 bits per heavy atom. The van der Waals surface area contributed by atoms with E-state index in [4.69, 9.17) is 4.74 Å². The SMILES string of the molecule is CC(C)Oc1ccc(C(=O)N(Cc2ccccn2)c2nc3c(F)cc(F)cc3s2)cc1. The highest BCUT2D eigenvalue weighted by atomic mass is 32.1. The molecule has 0 atom stereocenters. The van der Waals surface area contributed by atoms with Gasteiger partial charge in [-0.3, -0.25) is 14.7 Å². The fourth-order valence-electron chi connectivity index (χ4n) is 3.04. The third-order valence-corrected chi connectivity index (χ3v) is 5.42. The number of pyridine rings is 1. The van der Waals surface area contributed by atoms with E-state index in [0.29, 0.717) is 21.7 Å². The van der Waals surface area contributed by atoms with Crippen LogP contribution < -0.4 is 9.64 Å². The monoisotopic (exact) mass is 439 g/mol. The van der Waals surface area contributed by atoms with Crippen molar-refractivity contribution in [3.05, 3.63) is 83.7 Å². The number of carbonyl (C=O) groups excluding carboxylic acids is 1. The summed E-state index contributed by atoms with van der Waals surface area (Å²) in [6.07, 6.45) is 1.64. The topological polar surface area (TPSA) is 55.3 Å². The van der Waals surface area contributed by atoms with Crippen LogP contribution in [0, 0.1) is 11.6 Å². The minimum absolute atomic E-state index is 0.0141. The van der Waals surface area contributed by atoms with Gasteiger partial charge in [0.05, 0.1) is 23.0 Å².